The molecule has 1 heterocycles. The van der Waals surface area contributed by atoms with Crippen LogP contribution in [0.15, 0.2) is 231 Å². The van der Waals surface area contributed by atoms with E-state index in [1.807, 2.05) is 0 Å². The number of hydrogen-bond donors (Lipinski definition) is 0. The fourth-order valence-electron chi connectivity index (χ4n) is 8.89. The lowest BCUT2D eigenvalue weighted by molar-refractivity contribution is 1.18. The molecule has 10 aromatic carbocycles. The van der Waals surface area contributed by atoms with E-state index in [0.717, 1.165) is 33.9 Å². The van der Waals surface area contributed by atoms with Gasteiger partial charge in [0.2, 0.25) is 0 Å². The van der Waals surface area contributed by atoms with Crippen LogP contribution in [0.5, 0.6) is 0 Å². The van der Waals surface area contributed by atoms with E-state index in [1.54, 1.807) is 0 Å². The summed E-state index contributed by atoms with van der Waals surface area (Å²) in [4.78, 5) is 2.41. The van der Waals surface area contributed by atoms with Gasteiger partial charge in [0.05, 0.1) is 16.7 Å². The minimum atomic E-state index is 1.10. The fourth-order valence-corrected chi connectivity index (χ4v) is 8.89. The van der Waals surface area contributed by atoms with Crippen LogP contribution in [0.25, 0.3) is 82.4 Å². The predicted molar refractivity (Wildman–Crippen MR) is 247 cm³/mol. The van der Waals surface area contributed by atoms with Crippen molar-refractivity contribution in [3.8, 4) is 39.1 Å². The zero-order valence-electron chi connectivity index (χ0n) is 31.8. The number of nitrogens with zero attached hydrogens (tertiary/aromatic N) is 2. The number of benzene rings is 10. The normalized spacial score (nSPS) is 11.4. The summed E-state index contributed by atoms with van der Waals surface area (Å²) in [6, 6.07) is 83.7. The van der Waals surface area contributed by atoms with Gasteiger partial charge >= 0.3 is 0 Å². The maximum atomic E-state index is 2.41. The Labute approximate surface area is 338 Å². The third kappa shape index (κ3) is 5.74. The van der Waals surface area contributed by atoms with Gasteiger partial charge in [0.25, 0.3) is 0 Å². The van der Waals surface area contributed by atoms with Crippen molar-refractivity contribution in [1.29, 1.82) is 0 Å². The number of rotatable bonds is 7. The summed E-state index contributed by atoms with van der Waals surface area (Å²) in [5, 5.41) is 7.44. The van der Waals surface area contributed by atoms with Crippen molar-refractivity contribution in [2.45, 2.75) is 0 Å². The van der Waals surface area contributed by atoms with Crippen LogP contribution < -0.4 is 4.90 Å². The van der Waals surface area contributed by atoms with Gasteiger partial charge in [-0.15, -0.1) is 0 Å². The summed E-state index contributed by atoms with van der Waals surface area (Å²) in [7, 11) is 0. The summed E-state index contributed by atoms with van der Waals surface area (Å²) in [5.74, 6) is 0. The Hall–Kier alpha value is -7.68. The molecule has 0 bridgehead atoms. The first-order valence-electron chi connectivity index (χ1n) is 19.9. The van der Waals surface area contributed by atoms with Gasteiger partial charge in [0.1, 0.15) is 0 Å². The van der Waals surface area contributed by atoms with E-state index in [0.29, 0.717) is 0 Å². The Balaban J connectivity index is 1.07. The number of aromatic nitrogens is 1. The molecular formula is C56H38N2. The first-order chi connectivity index (χ1) is 28.8. The molecule has 0 saturated carbocycles. The molecule has 11 rings (SSSR count). The molecule has 272 valence electrons. The molecule has 0 unspecified atom stereocenters. The van der Waals surface area contributed by atoms with Gasteiger partial charge in [-0.2, -0.15) is 0 Å². The van der Waals surface area contributed by atoms with E-state index in [1.165, 1.54) is 65.6 Å². The van der Waals surface area contributed by atoms with E-state index in [-0.39, 0.29) is 0 Å². The summed E-state index contributed by atoms with van der Waals surface area (Å²) in [6.45, 7) is 0. The summed E-state index contributed by atoms with van der Waals surface area (Å²) in [6.07, 6.45) is 0. The van der Waals surface area contributed by atoms with Gasteiger partial charge in [-0.3, -0.25) is 0 Å². The molecule has 0 saturated heterocycles. The Morgan fingerprint density at radius 1 is 0.310 bits per heavy atom. The second kappa shape index (κ2) is 14.1. The minimum absolute atomic E-state index is 1.10. The Kier molecular flexibility index (Phi) is 8.19. The van der Waals surface area contributed by atoms with E-state index in [9.17, 15) is 0 Å². The lowest BCUT2D eigenvalue weighted by atomic mass is 9.94. The smallest absolute Gasteiger partial charge is 0.0547 e. The van der Waals surface area contributed by atoms with Gasteiger partial charge in [-0.25, -0.2) is 0 Å². The molecule has 0 amide bonds. The highest BCUT2D eigenvalue weighted by atomic mass is 15.1. The highest BCUT2D eigenvalue weighted by molar-refractivity contribution is 6.16. The number of fused-ring (bicyclic) bond motifs is 5. The third-order valence-electron chi connectivity index (χ3n) is 11.6. The first-order valence-corrected chi connectivity index (χ1v) is 19.9. The van der Waals surface area contributed by atoms with Crippen LogP contribution in [-0.4, -0.2) is 4.57 Å². The van der Waals surface area contributed by atoms with Crippen LogP contribution in [0, 0.1) is 0 Å². The Morgan fingerprint density at radius 2 is 0.897 bits per heavy atom. The van der Waals surface area contributed by atoms with Crippen molar-refractivity contribution in [2.24, 2.45) is 0 Å². The quantitative estimate of drug-likeness (QED) is 0.158. The molecule has 11 aromatic rings. The molecule has 0 aliphatic heterocycles. The number of hydrogen-bond acceptors (Lipinski definition) is 1. The fraction of sp³-hybridized carbons (Fsp3) is 0. The SMILES string of the molecule is c1ccc(-n2c3ccccc3c3c(-c4cccc(-c5ccccc5N(c5ccc(-c6cccc7ccccc67)cc5)c5ccc6ccccc6c5)c4)cccc32)cc1. The highest BCUT2D eigenvalue weighted by Gasteiger charge is 2.20. The molecule has 0 aliphatic rings. The van der Waals surface area contributed by atoms with Crippen LogP contribution in [0.3, 0.4) is 0 Å². The maximum Gasteiger partial charge on any atom is 0.0547 e. The second-order valence-corrected chi connectivity index (χ2v) is 14.9. The van der Waals surface area contributed by atoms with Crippen LogP contribution in [0.2, 0.25) is 0 Å². The molecule has 1 aromatic heterocycles. The monoisotopic (exact) mass is 738 g/mol. The maximum absolute atomic E-state index is 2.41. The zero-order valence-corrected chi connectivity index (χ0v) is 31.8. The third-order valence-corrected chi connectivity index (χ3v) is 11.6. The lowest BCUT2D eigenvalue weighted by Crippen LogP contribution is -2.11. The Morgan fingerprint density at radius 3 is 1.76 bits per heavy atom. The van der Waals surface area contributed by atoms with Crippen molar-refractivity contribution < 1.29 is 0 Å². The first kappa shape index (κ1) is 33.6. The van der Waals surface area contributed by atoms with Crippen LogP contribution in [0.4, 0.5) is 17.1 Å². The van der Waals surface area contributed by atoms with Gasteiger partial charge in [0, 0.05) is 33.4 Å². The van der Waals surface area contributed by atoms with E-state index in [2.05, 4.69) is 240 Å². The molecule has 0 aliphatic carbocycles. The molecule has 0 fully saturated rings. The zero-order chi connectivity index (χ0) is 38.4. The standard InChI is InChI=1S/C56H38N2/c1-2-21-45(22-3-1)58-54-29-11-9-25-52(54)56-51(27-14-30-55(56)58)44-20-12-19-43(37-44)50-24-8-10-28-53(50)57(47-36-31-39-15-4-5-17-42(39)38-47)46-34-32-41(33-35-46)49-26-13-18-40-16-6-7-23-48(40)49/h1-38H. The van der Waals surface area contributed by atoms with Gasteiger partial charge in [-0.05, 0) is 110 Å². The summed E-state index contributed by atoms with van der Waals surface area (Å²) in [5.41, 5.74) is 14.1. The molecule has 0 radical (unpaired) electrons. The summed E-state index contributed by atoms with van der Waals surface area (Å²) >= 11 is 0. The molecular weight excluding hydrogens is 701 g/mol. The van der Waals surface area contributed by atoms with Crippen LogP contribution >= 0.6 is 0 Å². The van der Waals surface area contributed by atoms with Gasteiger partial charge in [0.15, 0.2) is 0 Å². The minimum Gasteiger partial charge on any atom is -0.310 e. The average molecular weight is 739 g/mol. The Bertz CT molecular complexity index is 3280. The van der Waals surface area contributed by atoms with E-state index >= 15 is 0 Å². The molecule has 2 nitrogen and oxygen atoms in total. The van der Waals surface area contributed by atoms with Crippen molar-refractivity contribution in [3.63, 3.8) is 0 Å². The van der Waals surface area contributed by atoms with Crippen LogP contribution in [-0.2, 0) is 0 Å². The molecule has 0 N–H and O–H groups in total. The van der Waals surface area contributed by atoms with E-state index < -0.39 is 0 Å². The molecule has 2 heteroatoms. The van der Waals surface area contributed by atoms with Crippen molar-refractivity contribution in [3.05, 3.63) is 231 Å². The molecule has 0 spiro atoms. The topological polar surface area (TPSA) is 8.17 Å². The van der Waals surface area contributed by atoms with E-state index in [4.69, 9.17) is 0 Å². The number of anilines is 3. The highest BCUT2D eigenvalue weighted by Crippen LogP contribution is 2.44. The molecule has 0 atom stereocenters. The van der Waals surface area contributed by atoms with Crippen molar-refractivity contribution in [1.82, 2.24) is 4.57 Å². The van der Waals surface area contributed by atoms with Gasteiger partial charge < -0.3 is 9.47 Å². The largest absolute Gasteiger partial charge is 0.310 e. The average Bonchev–Trinajstić information content (AvgIpc) is 3.64. The number of para-hydroxylation sites is 3. The van der Waals surface area contributed by atoms with Gasteiger partial charge in [-0.1, -0.05) is 170 Å². The lowest BCUT2D eigenvalue weighted by Gasteiger charge is -2.28. The van der Waals surface area contributed by atoms with Crippen LogP contribution in [0.1, 0.15) is 0 Å². The predicted octanol–water partition coefficient (Wildman–Crippen LogP) is 15.6. The second-order valence-electron chi connectivity index (χ2n) is 14.9. The van der Waals surface area contributed by atoms with Crippen molar-refractivity contribution in [2.75, 3.05) is 4.90 Å². The molecule has 58 heavy (non-hydrogen) atoms. The summed E-state index contributed by atoms with van der Waals surface area (Å²) < 4.78 is 2.39. The van der Waals surface area contributed by atoms with Crippen molar-refractivity contribution >= 4 is 60.4 Å².